The largest absolute Gasteiger partial charge is 0.381 e. The monoisotopic (exact) mass is 242 g/mol. The number of amides is 1. The second-order valence-corrected chi connectivity index (χ2v) is 5.23. The molecule has 98 valence electrons. The second-order valence-electron chi connectivity index (χ2n) is 5.23. The van der Waals surface area contributed by atoms with E-state index in [0.29, 0.717) is 19.1 Å². The van der Waals surface area contributed by atoms with Crippen molar-refractivity contribution in [2.75, 3.05) is 39.5 Å². The number of rotatable bonds is 3. The van der Waals surface area contributed by atoms with Crippen molar-refractivity contribution in [3.63, 3.8) is 0 Å². The number of hydrogen-bond donors (Lipinski definition) is 1. The van der Waals surface area contributed by atoms with Gasteiger partial charge in [0.1, 0.15) is 0 Å². The summed E-state index contributed by atoms with van der Waals surface area (Å²) in [4.78, 5) is 13.7. The quantitative estimate of drug-likeness (QED) is 0.756. The number of carbonyl (C=O) groups excluding carboxylic acids is 1. The Morgan fingerprint density at radius 1 is 1.41 bits per heavy atom. The molecule has 0 aliphatic carbocycles. The first-order chi connectivity index (χ1) is 8.10. The van der Waals surface area contributed by atoms with E-state index in [4.69, 9.17) is 15.2 Å². The molecule has 0 bridgehead atoms. The van der Waals surface area contributed by atoms with Gasteiger partial charge in [-0.1, -0.05) is 0 Å². The molecule has 0 aromatic carbocycles. The molecule has 2 aliphatic heterocycles. The standard InChI is InChI=1S/C12H22N2O3/c1-12(11(13)15)9-14(4-7-17-12)8-10-2-5-16-6-3-10/h10H,2-9H2,1H3,(H2,13,15)/t12-/m1/s1. The minimum Gasteiger partial charge on any atom is -0.381 e. The molecule has 17 heavy (non-hydrogen) atoms. The minimum absolute atomic E-state index is 0.367. The Labute approximate surface area is 102 Å². The molecule has 0 radical (unpaired) electrons. The Bertz CT molecular complexity index is 279. The summed E-state index contributed by atoms with van der Waals surface area (Å²) >= 11 is 0. The summed E-state index contributed by atoms with van der Waals surface area (Å²) in [6.45, 7) is 6.62. The van der Waals surface area contributed by atoms with Crippen LogP contribution in [-0.4, -0.2) is 55.9 Å². The number of morpholine rings is 1. The van der Waals surface area contributed by atoms with Gasteiger partial charge in [0.2, 0.25) is 0 Å². The predicted molar refractivity (Wildman–Crippen MR) is 63.5 cm³/mol. The average molecular weight is 242 g/mol. The van der Waals surface area contributed by atoms with Gasteiger partial charge in [-0.15, -0.1) is 0 Å². The van der Waals surface area contributed by atoms with Crippen molar-refractivity contribution < 1.29 is 14.3 Å². The maximum atomic E-state index is 11.4. The highest BCUT2D eigenvalue weighted by molar-refractivity contribution is 5.83. The SMILES string of the molecule is C[C@]1(C(N)=O)CN(CC2CCOCC2)CCO1. The van der Waals surface area contributed by atoms with Crippen LogP contribution < -0.4 is 5.73 Å². The summed E-state index contributed by atoms with van der Waals surface area (Å²) in [5, 5.41) is 0. The summed E-state index contributed by atoms with van der Waals surface area (Å²) in [5.74, 6) is 0.313. The molecule has 2 N–H and O–H groups in total. The van der Waals surface area contributed by atoms with Gasteiger partial charge in [0.25, 0.3) is 5.91 Å². The van der Waals surface area contributed by atoms with Crippen molar-refractivity contribution in [2.24, 2.45) is 11.7 Å². The van der Waals surface area contributed by atoms with Crippen molar-refractivity contribution in [1.82, 2.24) is 4.90 Å². The maximum Gasteiger partial charge on any atom is 0.250 e. The van der Waals surface area contributed by atoms with Gasteiger partial charge < -0.3 is 15.2 Å². The molecule has 1 atom stereocenters. The topological polar surface area (TPSA) is 64.8 Å². The Morgan fingerprint density at radius 3 is 2.76 bits per heavy atom. The first-order valence-corrected chi connectivity index (χ1v) is 6.34. The Hall–Kier alpha value is -0.650. The zero-order valence-electron chi connectivity index (χ0n) is 10.5. The van der Waals surface area contributed by atoms with Crippen LogP contribution in [-0.2, 0) is 14.3 Å². The van der Waals surface area contributed by atoms with Gasteiger partial charge in [0.15, 0.2) is 5.60 Å². The molecule has 2 aliphatic rings. The fraction of sp³-hybridized carbons (Fsp3) is 0.917. The summed E-state index contributed by atoms with van der Waals surface area (Å²) in [7, 11) is 0. The van der Waals surface area contributed by atoms with Crippen molar-refractivity contribution in [1.29, 1.82) is 0 Å². The van der Waals surface area contributed by atoms with Crippen LogP contribution in [0.2, 0.25) is 0 Å². The van der Waals surface area contributed by atoms with E-state index in [1.165, 1.54) is 0 Å². The molecule has 0 spiro atoms. The Balaban J connectivity index is 1.86. The molecule has 2 saturated heterocycles. The van der Waals surface area contributed by atoms with Crippen molar-refractivity contribution >= 4 is 5.91 Å². The molecule has 2 heterocycles. The first kappa shape index (κ1) is 12.8. The van der Waals surface area contributed by atoms with Gasteiger partial charge in [-0.3, -0.25) is 9.69 Å². The lowest BCUT2D eigenvalue weighted by molar-refractivity contribution is -0.154. The third-order valence-electron chi connectivity index (χ3n) is 3.73. The van der Waals surface area contributed by atoms with E-state index < -0.39 is 5.60 Å². The van der Waals surface area contributed by atoms with E-state index in [9.17, 15) is 4.79 Å². The number of nitrogens with two attached hydrogens (primary N) is 1. The number of nitrogens with zero attached hydrogens (tertiary/aromatic N) is 1. The van der Waals surface area contributed by atoms with Crippen molar-refractivity contribution in [3.8, 4) is 0 Å². The van der Waals surface area contributed by atoms with Gasteiger partial charge in [-0.05, 0) is 25.7 Å². The molecule has 0 aromatic heterocycles. The highest BCUT2D eigenvalue weighted by Gasteiger charge is 2.38. The lowest BCUT2D eigenvalue weighted by Gasteiger charge is -2.40. The second kappa shape index (κ2) is 5.33. The third-order valence-corrected chi connectivity index (χ3v) is 3.73. The summed E-state index contributed by atoms with van der Waals surface area (Å²) in [6, 6.07) is 0. The smallest absolute Gasteiger partial charge is 0.250 e. The summed E-state index contributed by atoms with van der Waals surface area (Å²) in [5.41, 5.74) is 4.57. The average Bonchev–Trinajstić information content (AvgIpc) is 2.30. The van der Waals surface area contributed by atoms with E-state index in [1.807, 2.05) is 0 Å². The normalized spacial score (nSPS) is 32.5. The molecule has 5 heteroatoms. The van der Waals surface area contributed by atoms with Gasteiger partial charge in [-0.25, -0.2) is 0 Å². The van der Waals surface area contributed by atoms with E-state index in [1.54, 1.807) is 6.92 Å². The molecule has 2 fully saturated rings. The van der Waals surface area contributed by atoms with Crippen LogP contribution in [0.3, 0.4) is 0 Å². The van der Waals surface area contributed by atoms with Gasteiger partial charge in [-0.2, -0.15) is 0 Å². The number of hydrogen-bond acceptors (Lipinski definition) is 4. The van der Waals surface area contributed by atoms with E-state index >= 15 is 0 Å². The van der Waals surface area contributed by atoms with E-state index in [-0.39, 0.29) is 5.91 Å². The Morgan fingerprint density at radius 2 is 2.12 bits per heavy atom. The molecule has 0 unspecified atom stereocenters. The van der Waals surface area contributed by atoms with Gasteiger partial charge >= 0.3 is 0 Å². The molecule has 5 nitrogen and oxygen atoms in total. The summed E-state index contributed by atoms with van der Waals surface area (Å²) in [6.07, 6.45) is 2.23. The maximum absolute atomic E-state index is 11.4. The van der Waals surface area contributed by atoms with Crippen LogP contribution in [0, 0.1) is 5.92 Å². The highest BCUT2D eigenvalue weighted by Crippen LogP contribution is 2.21. The fourth-order valence-corrected chi connectivity index (χ4v) is 2.55. The van der Waals surface area contributed by atoms with E-state index in [0.717, 1.165) is 39.1 Å². The fourth-order valence-electron chi connectivity index (χ4n) is 2.55. The number of carbonyl (C=O) groups is 1. The third kappa shape index (κ3) is 3.18. The van der Waals surface area contributed by atoms with Crippen LogP contribution in [0.4, 0.5) is 0 Å². The molecule has 0 saturated carbocycles. The van der Waals surface area contributed by atoms with Crippen LogP contribution in [0.1, 0.15) is 19.8 Å². The van der Waals surface area contributed by atoms with Crippen LogP contribution >= 0.6 is 0 Å². The molecule has 0 aromatic rings. The van der Waals surface area contributed by atoms with Crippen molar-refractivity contribution in [3.05, 3.63) is 0 Å². The molecular weight excluding hydrogens is 220 g/mol. The van der Waals surface area contributed by atoms with Gasteiger partial charge in [0.05, 0.1) is 6.61 Å². The lowest BCUT2D eigenvalue weighted by Crippen LogP contribution is -2.57. The van der Waals surface area contributed by atoms with E-state index in [2.05, 4.69) is 4.90 Å². The predicted octanol–water partition coefficient (Wildman–Crippen LogP) is -0.0108. The van der Waals surface area contributed by atoms with Crippen LogP contribution in [0.5, 0.6) is 0 Å². The molecule has 2 rings (SSSR count). The molecule has 1 amide bonds. The molecular formula is C12H22N2O3. The van der Waals surface area contributed by atoms with Crippen molar-refractivity contribution in [2.45, 2.75) is 25.4 Å². The number of ether oxygens (including phenoxy) is 2. The minimum atomic E-state index is -0.816. The number of primary amides is 1. The lowest BCUT2D eigenvalue weighted by atomic mass is 9.97. The summed E-state index contributed by atoms with van der Waals surface area (Å²) < 4.78 is 10.9. The highest BCUT2D eigenvalue weighted by atomic mass is 16.5. The van der Waals surface area contributed by atoms with Crippen LogP contribution in [0.25, 0.3) is 0 Å². The zero-order chi connectivity index (χ0) is 12.3. The van der Waals surface area contributed by atoms with Crippen LogP contribution in [0.15, 0.2) is 0 Å². The zero-order valence-corrected chi connectivity index (χ0v) is 10.5. The first-order valence-electron chi connectivity index (χ1n) is 6.34. The Kier molecular flexibility index (Phi) is 4.01. The van der Waals surface area contributed by atoms with Gasteiger partial charge in [0, 0.05) is 32.8 Å².